The number of aryl methyl sites for hydroxylation is 3. The predicted molar refractivity (Wildman–Crippen MR) is 119 cm³/mol. The highest BCUT2D eigenvalue weighted by Crippen LogP contribution is 2.32. The van der Waals surface area contributed by atoms with E-state index in [2.05, 4.69) is 6.92 Å². The monoisotopic (exact) mass is 462 g/mol. The first-order valence-corrected chi connectivity index (χ1v) is 11.2. The first-order valence-electron chi connectivity index (χ1n) is 11.2. The summed E-state index contributed by atoms with van der Waals surface area (Å²) in [5.74, 6) is -3.96. The topological polar surface area (TPSA) is 9.23 Å². The van der Waals surface area contributed by atoms with Crippen molar-refractivity contribution in [2.75, 3.05) is 0 Å². The van der Waals surface area contributed by atoms with Crippen LogP contribution in [0.4, 0.5) is 22.0 Å². The molecule has 3 rings (SSSR count). The van der Waals surface area contributed by atoms with Crippen LogP contribution in [0.5, 0.6) is 5.75 Å². The predicted octanol–water partition coefficient (Wildman–Crippen LogP) is 8.14. The van der Waals surface area contributed by atoms with Crippen molar-refractivity contribution >= 4 is 0 Å². The van der Waals surface area contributed by atoms with Gasteiger partial charge in [-0.1, -0.05) is 50.5 Å². The quantitative estimate of drug-likeness (QED) is 0.159. The van der Waals surface area contributed by atoms with Crippen LogP contribution >= 0.6 is 0 Å². The first-order chi connectivity index (χ1) is 15.8. The van der Waals surface area contributed by atoms with Crippen LogP contribution in [0, 0.1) is 17.5 Å². The van der Waals surface area contributed by atoms with E-state index in [4.69, 9.17) is 4.74 Å². The number of benzene rings is 3. The largest absolute Gasteiger partial charge is 0.429 e. The Bertz CT molecular complexity index is 1010. The second-order valence-electron chi connectivity index (χ2n) is 8.14. The molecule has 0 heterocycles. The molecular weight excluding hydrogens is 435 g/mol. The smallest absolute Gasteiger partial charge is 0.426 e. The van der Waals surface area contributed by atoms with E-state index in [1.807, 2.05) is 0 Å². The molecule has 3 aromatic carbocycles. The number of hydrogen-bond donors (Lipinski definition) is 0. The number of halogens is 5. The van der Waals surface area contributed by atoms with Crippen molar-refractivity contribution in [1.29, 1.82) is 0 Å². The van der Waals surface area contributed by atoms with Gasteiger partial charge >= 0.3 is 6.11 Å². The standard InChI is InChI=1S/C27H27F5O/c1-2-3-4-5-6-19-9-13-22(14-10-19)27(31,32)33-23-15-11-20(12-16-23)7-8-21-17-24(28)26(30)25(29)18-21/h9-18H,2-8H2,1H3. The Morgan fingerprint density at radius 2 is 1.21 bits per heavy atom. The fraction of sp³-hybridized carbons (Fsp3) is 0.333. The van der Waals surface area contributed by atoms with Crippen LogP contribution in [-0.2, 0) is 25.4 Å². The van der Waals surface area contributed by atoms with Gasteiger partial charge in [-0.3, -0.25) is 0 Å². The molecule has 0 bridgehead atoms. The van der Waals surface area contributed by atoms with Crippen molar-refractivity contribution in [3.63, 3.8) is 0 Å². The minimum atomic E-state index is -3.48. The lowest BCUT2D eigenvalue weighted by Crippen LogP contribution is -2.21. The van der Waals surface area contributed by atoms with Gasteiger partial charge in [0.1, 0.15) is 5.75 Å². The first kappa shape index (κ1) is 24.7. The summed E-state index contributed by atoms with van der Waals surface area (Å²) in [6, 6.07) is 14.2. The van der Waals surface area contributed by atoms with Crippen molar-refractivity contribution in [1.82, 2.24) is 0 Å². The van der Waals surface area contributed by atoms with Gasteiger partial charge in [-0.15, -0.1) is 0 Å². The number of unbranched alkanes of at least 4 members (excludes halogenated alkanes) is 3. The van der Waals surface area contributed by atoms with E-state index in [0.29, 0.717) is 12.0 Å². The molecule has 0 fully saturated rings. The lowest BCUT2D eigenvalue weighted by Gasteiger charge is -2.19. The molecule has 0 N–H and O–H groups in total. The molecule has 0 aliphatic carbocycles. The van der Waals surface area contributed by atoms with Gasteiger partial charge in [0, 0.05) is 0 Å². The SMILES string of the molecule is CCCCCCc1ccc(C(F)(F)Oc2ccc(CCc3cc(F)c(F)c(F)c3)cc2)cc1. The van der Waals surface area contributed by atoms with E-state index >= 15 is 0 Å². The van der Waals surface area contributed by atoms with Gasteiger partial charge in [0.25, 0.3) is 0 Å². The molecule has 0 aromatic heterocycles. The summed E-state index contributed by atoms with van der Waals surface area (Å²) < 4.78 is 73.8. The lowest BCUT2D eigenvalue weighted by molar-refractivity contribution is -0.185. The Labute approximate surface area is 191 Å². The molecule has 0 radical (unpaired) electrons. The third-order valence-corrected chi connectivity index (χ3v) is 5.52. The molecule has 0 atom stereocenters. The fourth-order valence-corrected chi connectivity index (χ4v) is 3.59. The maximum Gasteiger partial charge on any atom is 0.426 e. The summed E-state index contributed by atoms with van der Waals surface area (Å²) in [5.41, 5.74) is 1.88. The molecule has 3 aromatic rings. The molecule has 0 amide bonds. The number of rotatable bonds is 11. The molecular formula is C27H27F5O. The van der Waals surface area contributed by atoms with Crippen LogP contribution in [0.15, 0.2) is 60.7 Å². The molecule has 0 spiro atoms. The second-order valence-corrected chi connectivity index (χ2v) is 8.14. The van der Waals surface area contributed by atoms with Crippen molar-refractivity contribution in [3.8, 4) is 5.75 Å². The number of alkyl halides is 2. The highest BCUT2D eigenvalue weighted by atomic mass is 19.3. The van der Waals surface area contributed by atoms with Gasteiger partial charge in [-0.25, -0.2) is 13.2 Å². The molecule has 0 aliphatic rings. The summed E-state index contributed by atoms with van der Waals surface area (Å²) in [6.45, 7) is 2.14. The zero-order valence-electron chi connectivity index (χ0n) is 18.5. The Hall–Kier alpha value is -2.89. The third kappa shape index (κ3) is 7.04. The van der Waals surface area contributed by atoms with Crippen LogP contribution in [-0.4, -0.2) is 0 Å². The third-order valence-electron chi connectivity index (χ3n) is 5.52. The number of hydrogen-bond acceptors (Lipinski definition) is 1. The zero-order valence-corrected chi connectivity index (χ0v) is 18.5. The minimum absolute atomic E-state index is 0.00580. The summed E-state index contributed by atoms with van der Waals surface area (Å²) in [5, 5.41) is 0. The fourth-order valence-electron chi connectivity index (χ4n) is 3.59. The van der Waals surface area contributed by atoms with E-state index in [0.717, 1.165) is 48.9 Å². The highest BCUT2D eigenvalue weighted by Gasteiger charge is 2.34. The molecule has 33 heavy (non-hydrogen) atoms. The highest BCUT2D eigenvalue weighted by molar-refractivity contribution is 5.31. The van der Waals surface area contributed by atoms with E-state index in [1.54, 1.807) is 24.3 Å². The van der Waals surface area contributed by atoms with Crippen LogP contribution in [0.2, 0.25) is 0 Å². The van der Waals surface area contributed by atoms with Gasteiger partial charge < -0.3 is 4.74 Å². The maximum atomic E-state index is 14.6. The van der Waals surface area contributed by atoms with Gasteiger partial charge in [0.2, 0.25) is 0 Å². The average molecular weight is 463 g/mol. The maximum absolute atomic E-state index is 14.6. The van der Waals surface area contributed by atoms with E-state index in [9.17, 15) is 22.0 Å². The molecule has 0 saturated heterocycles. The van der Waals surface area contributed by atoms with Crippen molar-refractivity contribution in [2.45, 2.75) is 58.0 Å². The van der Waals surface area contributed by atoms with E-state index in [-0.39, 0.29) is 17.7 Å². The van der Waals surface area contributed by atoms with Gasteiger partial charge in [0.05, 0.1) is 5.56 Å². The Morgan fingerprint density at radius 1 is 0.667 bits per heavy atom. The van der Waals surface area contributed by atoms with Crippen LogP contribution in [0.1, 0.15) is 54.9 Å². The van der Waals surface area contributed by atoms with Crippen molar-refractivity contribution < 1.29 is 26.7 Å². The van der Waals surface area contributed by atoms with Crippen LogP contribution in [0.3, 0.4) is 0 Å². The van der Waals surface area contributed by atoms with E-state index < -0.39 is 23.6 Å². The molecule has 6 heteroatoms. The second kappa shape index (κ2) is 11.3. The molecule has 1 nitrogen and oxygen atoms in total. The normalized spacial score (nSPS) is 11.6. The average Bonchev–Trinajstić information content (AvgIpc) is 2.80. The Kier molecular flexibility index (Phi) is 8.48. The van der Waals surface area contributed by atoms with Crippen molar-refractivity contribution in [2.24, 2.45) is 0 Å². The van der Waals surface area contributed by atoms with Crippen molar-refractivity contribution in [3.05, 3.63) is 100 Å². The molecule has 176 valence electrons. The van der Waals surface area contributed by atoms with Crippen LogP contribution < -0.4 is 4.74 Å². The summed E-state index contributed by atoms with van der Waals surface area (Å²) in [6.07, 6.45) is 2.56. The number of ether oxygens (including phenoxy) is 1. The van der Waals surface area contributed by atoms with E-state index in [1.165, 1.54) is 30.7 Å². The Balaban J connectivity index is 1.56. The van der Waals surface area contributed by atoms with Gasteiger partial charge in [0.15, 0.2) is 17.5 Å². The molecule has 0 aliphatic heterocycles. The van der Waals surface area contributed by atoms with Gasteiger partial charge in [-0.05, 0) is 78.8 Å². The molecule has 0 unspecified atom stereocenters. The minimum Gasteiger partial charge on any atom is -0.429 e. The summed E-state index contributed by atoms with van der Waals surface area (Å²) >= 11 is 0. The lowest BCUT2D eigenvalue weighted by atomic mass is 10.0. The zero-order chi connectivity index (χ0) is 23.8. The molecule has 0 saturated carbocycles. The summed E-state index contributed by atoms with van der Waals surface area (Å²) in [7, 11) is 0. The van der Waals surface area contributed by atoms with Crippen LogP contribution in [0.25, 0.3) is 0 Å². The Morgan fingerprint density at radius 3 is 1.82 bits per heavy atom. The van der Waals surface area contributed by atoms with Gasteiger partial charge in [-0.2, -0.15) is 8.78 Å². The summed E-state index contributed by atoms with van der Waals surface area (Å²) in [4.78, 5) is 0.